The quantitative estimate of drug-likeness (QED) is 0.833. The van der Waals surface area contributed by atoms with Gasteiger partial charge in [0, 0.05) is 33.0 Å². The molecule has 1 aliphatic heterocycles. The van der Waals surface area contributed by atoms with Crippen LogP contribution in [0.3, 0.4) is 0 Å². The lowest BCUT2D eigenvalue weighted by Gasteiger charge is -2.25. The molecule has 1 aromatic rings. The standard InChI is InChI=1S/C12H16ClN3O3S/c1-15(2)12(17)10-4-3-7-16(10)20(18,19)11-8-14-6-5-9(11)13/h5-6,8,10H,3-4,7H2,1-2H3. The fourth-order valence-corrected chi connectivity index (χ4v) is 4.31. The van der Waals surface area contributed by atoms with Crippen LogP contribution in [0.2, 0.25) is 5.02 Å². The summed E-state index contributed by atoms with van der Waals surface area (Å²) in [5.74, 6) is -0.217. The molecule has 1 unspecified atom stereocenters. The van der Waals surface area contributed by atoms with E-state index in [9.17, 15) is 13.2 Å². The largest absolute Gasteiger partial charge is 0.347 e. The van der Waals surface area contributed by atoms with Crippen LogP contribution in [0.15, 0.2) is 23.4 Å². The normalized spacial score (nSPS) is 20.1. The summed E-state index contributed by atoms with van der Waals surface area (Å²) < 4.78 is 26.5. The Morgan fingerprint density at radius 3 is 2.80 bits per heavy atom. The third-order valence-electron chi connectivity index (χ3n) is 3.25. The molecule has 1 fully saturated rings. The lowest BCUT2D eigenvalue weighted by molar-refractivity contribution is -0.132. The Balaban J connectivity index is 2.39. The molecule has 1 saturated heterocycles. The Bertz CT molecular complexity index is 618. The smallest absolute Gasteiger partial charge is 0.246 e. The van der Waals surface area contributed by atoms with Gasteiger partial charge in [0.25, 0.3) is 0 Å². The SMILES string of the molecule is CN(C)C(=O)C1CCCN1S(=O)(=O)c1cnccc1Cl. The molecule has 20 heavy (non-hydrogen) atoms. The summed E-state index contributed by atoms with van der Waals surface area (Å²) in [7, 11) is -0.579. The van der Waals surface area contributed by atoms with Gasteiger partial charge >= 0.3 is 0 Å². The zero-order chi connectivity index (χ0) is 14.9. The maximum absolute atomic E-state index is 12.6. The number of pyridine rings is 1. The van der Waals surface area contributed by atoms with Crippen LogP contribution >= 0.6 is 11.6 Å². The van der Waals surface area contributed by atoms with Crippen molar-refractivity contribution in [2.24, 2.45) is 0 Å². The van der Waals surface area contributed by atoms with Gasteiger partial charge in [-0.25, -0.2) is 8.42 Å². The molecule has 0 saturated carbocycles. The minimum Gasteiger partial charge on any atom is -0.347 e. The first-order chi connectivity index (χ1) is 9.35. The Morgan fingerprint density at radius 1 is 1.50 bits per heavy atom. The fourth-order valence-electron chi connectivity index (χ4n) is 2.25. The molecule has 0 aliphatic carbocycles. The van der Waals surface area contributed by atoms with Crippen molar-refractivity contribution >= 4 is 27.5 Å². The average Bonchev–Trinajstić information content (AvgIpc) is 2.87. The predicted molar refractivity (Wildman–Crippen MR) is 74.9 cm³/mol. The number of sulfonamides is 1. The number of carbonyl (C=O) groups is 1. The first-order valence-corrected chi connectivity index (χ1v) is 8.00. The van der Waals surface area contributed by atoms with Gasteiger partial charge in [0.05, 0.1) is 5.02 Å². The maximum atomic E-state index is 12.6. The molecule has 1 atom stereocenters. The zero-order valence-electron chi connectivity index (χ0n) is 11.3. The molecule has 2 heterocycles. The molecular weight excluding hydrogens is 302 g/mol. The van der Waals surface area contributed by atoms with E-state index >= 15 is 0 Å². The monoisotopic (exact) mass is 317 g/mol. The molecular formula is C12H16ClN3O3S. The Morgan fingerprint density at radius 2 is 2.20 bits per heavy atom. The highest BCUT2D eigenvalue weighted by Crippen LogP contribution is 2.29. The van der Waals surface area contributed by atoms with Gasteiger partial charge in [0.15, 0.2) is 0 Å². The number of likely N-dealkylation sites (N-methyl/N-ethyl adjacent to an activating group) is 1. The number of hydrogen-bond acceptors (Lipinski definition) is 4. The third-order valence-corrected chi connectivity index (χ3v) is 5.63. The number of hydrogen-bond donors (Lipinski definition) is 0. The van der Waals surface area contributed by atoms with Crippen LogP contribution in [0.1, 0.15) is 12.8 Å². The van der Waals surface area contributed by atoms with Crippen LogP contribution in [-0.4, -0.2) is 55.2 Å². The minimum absolute atomic E-state index is 0.0554. The van der Waals surface area contributed by atoms with Gasteiger partial charge in [0.1, 0.15) is 10.9 Å². The second-order valence-electron chi connectivity index (χ2n) is 4.81. The minimum atomic E-state index is -3.81. The van der Waals surface area contributed by atoms with E-state index in [-0.39, 0.29) is 15.8 Å². The Hall–Kier alpha value is -1.18. The third kappa shape index (κ3) is 2.65. The summed E-state index contributed by atoms with van der Waals surface area (Å²) in [5.41, 5.74) is 0. The summed E-state index contributed by atoms with van der Waals surface area (Å²) >= 11 is 5.94. The first kappa shape index (κ1) is 15.2. The molecule has 8 heteroatoms. The number of nitrogens with zero attached hydrogens (tertiary/aromatic N) is 3. The zero-order valence-corrected chi connectivity index (χ0v) is 12.9. The molecule has 0 spiro atoms. The van der Waals surface area contributed by atoms with E-state index in [0.29, 0.717) is 19.4 Å². The van der Waals surface area contributed by atoms with Crippen molar-refractivity contribution < 1.29 is 13.2 Å². The number of aromatic nitrogens is 1. The van der Waals surface area contributed by atoms with Gasteiger partial charge in [-0.2, -0.15) is 4.31 Å². The topological polar surface area (TPSA) is 70.6 Å². The first-order valence-electron chi connectivity index (χ1n) is 6.18. The van der Waals surface area contributed by atoms with Gasteiger partial charge in [0.2, 0.25) is 15.9 Å². The highest BCUT2D eigenvalue weighted by molar-refractivity contribution is 7.89. The van der Waals surface area contributed by atoms with Crippen molar-refractivity contribution in [3.05, 3.63) is 23.5 Å². The second kappa shape index (κ2) is 5.67. The van der Waals surface area contributed by atoms with Crippen molar-refractivity contribution in [3.8, 4) is 0 Å². The van der Waals surface area contributed by atoms with Crippen LogP contribution in [0, 0.1) is 0 Å². The van der Waals surface area contributed by atoms with E-state index in [2.05, 4.69) is 4.98 Å². The number of rotatable bonds is 3. The summed E-state index contributed by atoms with van der Waals surface area (Å²) in [6.45, 7) is 0.317. The molecule has 0 aromatic carbocycles. The van der Waals surface area contributed by atoms with E-state index < -0.39 is 16.1 Å². The van der Waals surface area contributed by atoms with Gasteiger partial charge in [-0.15, -0.1) is 0 Å². The number of amides is 1. The average molecular weight is 318 g/mol. The summed E-state index contributed by atoms with van der Waals surface area (Å²) in [6, 6.07) is 0.763. The van der Waals surface area contributed by atoms with Crippen LogP contribution < -0.4 is 0 Å². The number of carbonyl (C=O) groups excluding carboxylic acids is 1. The highest BCUT2D eigenvalue weighted by atomic mass is 35.5. The molecule has 1 aliphatic rings. The number of halogens is 1. The molecule has 110 valence electrons. The summed E-state index contributed by atoms with van der Waals surface area (Å²) in [5, 5.41) is 0.114. The van der Waals surface area contributed by atoms with Crippen LogP contribution in [0.4, 0.5) is 0 Å². The molecule has 0 N–H and O–H groups in total. The lowest BCUT2D eigenvalue weighted by atomic mass is 10.2. The van der Waals surface area contributed by atoms with Gasteiger partial charge in [-0.05, 0) is 18.9 Å². The summed E-state index contributed by atoms with van der Waals surface area (Å²) in [4.78, 5) is 17.2. The molecule has 0 radical (unpaired) electrons. The van der Waals surface area contributed by atoms with E-state index in [1.54, 1.807) is 14.1 Å². The van der Waals surface area contributed by atoms with Crippen molar-refractivity contribution in [1.29, 1.82) is 0 Å². The van der Waals surface area contributed by atoms with E-state index in [1.807, 2.05) is 0 Å². The lowest BCUT2D eigenvalue weighted by Crippen LogP contribution is -2.45. The van der Waals surface area contributed by atoms with Gasteiger partial charge < -0.3 is 4.90 Å². The van der Waals surface area contributed by atoms with Crippen LogP contribution in [0.25, 0.3) is 0 Å². The molecule has 2 rings (SSSR count). The van der Waals surface area contributed by atoms with Gasteiger partial charge in [-0.3, -0.25) is 9.78 Å². The van der Waals surface area contributed by atoms with Crippen molar-refractivity contribution in [2.75, 3.05) is 20.6 Å². The van der Waals surface area contributed by atoms with Crippen molar-refractivity contribution in [2.45, 2.75) is 23.8 Å². The molecule has 1 aromatic heterocycles. The Kier molecular flexibility index (Phi) is 4.31. The van der Waals surface area contributed by atoms with Crippen LogP contribution in [-0.2, 0) is 14.8 Å². The van der Waals surface area contributed by atoms with E-state index in [1.165, 1.54) is 27.7 Å². The van der Waals surface area contributed by atoms with Crippen molar-refractivity contribution in [1.82, 2.24) is 14.2 Å². The predicted octanol–water partition coefficient (Wildman–Crippen LogP) is 0.976. The molecule has 1 amide bonds. The second-order valence-corrected chi connectivity index (χ2v) is 7.08. The highest BCUT2D eigenvalue weighted by Gasteiger charge is 2.40. The van der Waals surface area contributed by atoms with Gasteiger partial charge in [-0.1, -0.05) is 11.6 Å². The van der Waals surface area contributed by atoms with E-state index in [4.69, 9.17) is 11.6 Å². The van der Waals surface area contributed by atoms with Crippen LogP contribution in [0.5, 0.6) is 0 Å². The Labute approximate surface area is 123 Å². The maximum Gasteiger partial charge on any atom is 0.246 e. The van der Waals surface area contributed by atoms with E-state index in [0.717, 1.165) is 0 Å². The molecule has 0 bridgehead atoms. The van der Waals surface area contributed by atoms with Crippen molar-refractivity contribution in [3.63, 3.8) is 0 Å². The summed E-state index contributed by atoms with van der Waals surface area (Å²) in [6.07, 6.45) is 3.82. The fraction of sp³-hybridized carbons (Fsp3) is 0.500. The molecule has 6 nitrogen and oxygen atoms in total.